The van der Waals surface area contributed by atoms with Crippen LogP contribution in [0.2, 0.25) is 0 Å². The molecule has 1 aliphatic carbocycles. The van der Waals surface area contributed by atoms with Crippen LogP contribution in [0.5, 0.6) is 0 Å². The normalized spacial score (nSPS) is 17.6. The number of ether oxygens (including phenoxy) is 2. The van der Waals surface area contributed by atoms with Gasteiger partial charge in [0.15, 0.2) is 0 Å². The summed E-state index contributed by atoms with van der Waals surface area (Å²) in [7, 11) is 0. The first kappa shape index (κ1) is 28.5. The molecule has 1 N–H and O–H groups in total. The molecule has 0 saturated carbocycles. The maximum atomic E-state index is 14.0. The van der Waals surface area contributed by atoms with Gasteiger partial charge in [-0.2, -0.15) is 5.10 Å². The Kier molecular flexibility index (Phi) is 9.12. The molecule has 2 aromatic rings. The van der Waals surface area contributed by atoms with Gasteiger partial charge in [-0.25, -0.2) is 9.48 Å². The topological polar surface area (TPSA) is 103 Å². The van der Waals surface area contributed by atoms with E-state index in [1.807, 2.05) is 33.8 Å². The van der Waals surface area contributed by atoms with Gasteiger partial charge < -0.3 is 19.7 Å². The smallest absolute Gasteiger partial charge is 0.407 e. The van der Waals surface area contributed by atoms with Crippen LogP contribution in [0, 0.1) is 10.5 Å². The average molecular weight is 637 g/mol. The van der Waals surface area contributed by atoms with Crippen LogP contribution < -0.4 is 10.2 Å². The number of amides is 2. The average Bonchev–Trinajstić information content (AvgIpc) is 3.25. The van der Waals surface area contributed by atoms with Crippen LogP contribution in [0.3, 0.4) is 0 Å². The molecule has 0 radical (unpaired) electrons. The number of halogens is 1. The SMILES string of the molecule is Cc1nn(C2CCCCO2)cc1C(=O)N(CCCNC(=O)OC(C)(C)C)c1cc2c(cc1I)CCC(=O)C2. The zero-order valence-corrected chi connectivity index (χ0v) is 24.8. The molecule has 1 fully saturated rings. The number of ketones is 1. The van der Waals surface area contributed by atoms with Crippen LogP contribution in [-0.2, 0) is 27.1 Å². The van der Waals surface area contributed by atoms with E-state index in [9.17, 15) is 14.4 Å². The van der Waals surface area contributed by atoms with E-state index < -0.39 is 11.7 Å². The highest BCUT2D eigenvalue weighted by Crippen LogP contribution is 2.32. The Morgan fingerprint density at radius 3 is 2.74 bits per heavy atom. The van der Waals surface area contributed by atoms with E-state index in [0.29, 0.717) is 50.2 Å². The van der Waals surface area contributed by atoms with Crippen molar-refractivity contribution in [2.75, 3.05) is 24.6 Å². The van der Waals surface area contributed by atoms with Crippen LogP contribution in [0.4, 0.5) is 10.5 Å². The van der Waals surface area contributed by atoms with Crippen LogP contribution >= 0.6 is 22.6 Å². The second-order valence-electron chi connectivity index (χ2n) is 11.0. The molecule has 4 rings (SSSR count). The molecule has 9 nitrogen and oxygen atoms in total. The van der Waals surface area contributed by atoms with Crippen LogP contribution in [-0.4, -0.2) is 52.9 Å². The van der Waals surface area contributed by atoms with Gasteiger partial charge in [0.1, 0.15) is 17.6 Å². The number of nitrogens with one attached hydrogen (secondary N) is 1. The molecule has 0 spiro atoms. The van der Waals surface area contributed by atoms with E-state index in [1.54, 1.807) is 15.8 Å². The molecule has 38 heavy (non-hydrogen) atoms. The highest BCUT2D eigenvalue weighted by Gasteiger charge is 2.27. The number of fused-ring (bicyclic) bond motifs is 1. The molecular weight excluding hydrogens is 599 g/mol. The minimum Gasteiger partial charge on any atom is -0.444 e. The number of benzene rings is 1. The number of anilines is 1. The van der Waals surface area contributed by atoms with Crippen molar-refractivity contribution in [2.24, 2.45) is 0 Å². The van der Waals surface area contributed by atoms with E-state index >= 15 is 0 Å². The molecule has 2 heterocycles. The lowest BCUT2D eigenvalue weighted by atomic mass is 9.90. The Bertz CT molecular complexity index is 1200. The second-order valence-corrected chi connectivity index (χ2v) is 12.1. The molecule has 206 valence electrons. The summed E-state index contributed by atoms with van der Waals surface area (Å²) in [5.74, 6) is 0.0514. The zero-order chi connectivity index (χ0) is 27.4. The summed E-state index contributed by atoms with van der Waals surface area (Å²) in [6.45, 7) is 8.71. The third-order valence-corrected chi connectivity index (χ3v) is 7.55. The van der Waals surface area contributed by atoms with Crippen molar-refractivity contribution < 1.29 is 23.9 Å². The van der Waals surface area contributed by atoms with Gasteiger partial charge in [-0.15, -0.1) is 0 Å². The minimum absolute atomic E-state index is 0.162. The van der Waals surface area contributed by atoms with Crippen molar-refractivity contribution >= 4 is 46.1 Å². The number of hydrogen-bond acceptors (Lipinski definition) is 6. The summed E-state index contributed by atoms with van der Waals surface area (Å²) in [6, 6.07) is 4.07. The fraction of sp³-hybridized carbons (Fsp3) is 0.571. The molecule has 1 unspecified atom stereocenters. The lowest BCUT2D eigenvalue weighted by molar-refractivity contribution is -0.118. The first-order valence-corrected chi connectivity index (χ1v) is 14.4. The molecule has 1 aliphatic heterocycles. The maximum Gasteiger partial charge on any atom is 0.407 e. The van der Waals surface area contributed by atoms with E-state index in [-0.39, 0.29) is 17.9 Å². The van der Waals surface area contributed by atoms with Crippen LogP contribution in [0.15, 0.2) is 18.3 Å². The predicted octanol–water partition coefficient (Wildman–Crippen LogP) is 5.11. The number of hydrogen-bond donors (Lipinski definition) is 1. The molecule has 2 aliphatic rings. The quantitative estimate of drug-likeness (QED) is 0.335. The zero-order valence-electron chi connectivity index (χ0n) is 22.6. The van der Waals surface area contributed by atoms with Crippen molar-refractivity contribution in [3.05, 3.63) is 44.3 Å². The molecule has 10 heteroatoms. The molecule has 0 bridgehead atoms. The number of aromatic nitrogens is 2. The van der Waals surface area contributed by atoms with Crippen molar-refractivity contribution in [1.29, 1.82) is 0 Å². The lowest BCUT2D eigenvalue weighted by Crippen LogP contribution is -2.37. The summed E-state index contributed by atoms with van der Waals surface area (Å²) < 4.78 is 13.9. The van der Waals surface area contributed by atoms with Crippen molar-refractivity contribution in [3.63, 3.8) is 0 Å². The number of alkyl carbamates (subject to hydrolysis) is 1. The van der Waals surface area contributed by atoms with E-state index in [4.69, 9.17) is 9.47 Å². The van der Waals surface area contributed by atoms with Crippen LogP contribution in [0.25, 0.3) is 0 Å². The van der Waals surface area contributed by atoms with Crippen LogP contribution in [0.1, 0.15) is 86.3 Å². The van der Waals surface area contributed by atoms with E-state index in [2.05, 4.69) is 39.1 Å². The summed E-state index contributed by atoms with van der Waals surface area (Å²) in [5.41, 5.74) is 3.48. The number of Topliss-reactive ketones (excluding diaryl/α,β-unsaturated/α-hetero) is 1. The largest absolute Gasteiger partial charge is 0.444 e. The second kappa shape index (κ2) is 12.1. The van der Waals surface area contributed by atoms with Gasteiger partial charge in [-0.3, -0.25) is 9.59 Å². The summed E-state index contributed by atoms with van der Waals surface area (Å²) >= 11 is 2.27. The van der Waals surface area contributed by atoms with Crippen molar-refractivity contribution in [1.82, 2.24) is 15.1 Å². The third kappa shape index (κ3) is 7.13. The standard InChI is InChI=1S/C28H37IN4O5/c1-18-22(17-33(31-18)25-8-5-6-13-37-25)26(35)32(12-7-11-30-27(36)38-28(2,3)4)24-16-20-14-21(34)10-9-19(20)15-23(24)29/h15-17,25H,5-14H2,1-4H3,(H,30,36). The van der Waals surface area contributed by atoms with Gasteiger partial charge in [0.25, 0.3) is 5.91 Å². The maximum absolute atomic E-state index is 14.0. The van der Waals surface area contributed by atoms with Gasteiger partial charge in [0, 0.05) is 42.3 Å². The molecule has 1 aromatic carbocycles. The monoisotopic (exact) mass is 636 g/mol. The minimum atomic E-state index is -0.581. The number of nitrogens with zero attached hydrogens (tertiary/aromatic N) is 3. The molecule has 2 amide bonds. The number of carbonyl (C=O) groups is 3. The Morgan fingerprint density at radius 1 is 1.24 bits per heavy atom. The first-order chi connectivity index (χ1) is 18.0. The molecular formula is C28H37IN4O5. The fourth-order valence-corrected chi connectivity index (χ4v) is 5.64. The molecule has 1 saturated heterocycles. The third-order valence-electron chi connectivity index (χ3n) is 6.69. The van der Waals surface area contributed by atoms with E-state index in [1.165, 1.54) is 0 Å². The van der Waals surface area contributed by atoms with Crippen molar-refractivity contribution in [2.45, 2.75) is 84.5 Å². The summed E-state index contributed by atoms with van der Waals surface area (Å²) in [6.07, 6.45) is 6.30. The number of rotatable bonds is 7. The lowest BCUT2D eigenvalue weighted by Gasteiger charge is -2.27. The first-order valence-electron chi connectivity index (χ1n) is 13.3. The Balaban J connectivity index is 1.58. The summed E-state index contributed by atoms with van der Waals surface area (Å²) in [5, 5.41) is 7.39. The molecule has 1 atom stereocenters. The number of aryl methyl sites for hydroxylation is 2. The highest BCUT2D eigenvalue weighted by molar-refractivity contribution is 14.1. The van der Waals surface area contributed by atoms with Crippen molar-refractivity contribution in [3.8, 4) is 0 Å². The Morgan fingerprint density at radius 2 is 2.03 bits per heavy atom. The van der Waals surface area contributed by atoms with Gasteiger partial charge in [0.2, 0.25) is 0 Å². The van der Waals surface area contributed by atoms with E-state index in [0.717, 1.165) is 46.1 Å². The Hall–Kier alpha value is -2.47. The highest BCUT2D eigenvalue weighted by atomic mass is 127. The van der Waals surface area contributed by atoms with Gasteiger partial charge in [-0.1, -0.05) is 0 Å². The number of carbonyl (C=O) groups excluding carboxylic acids is 3. The predicted molar refractivity (Wildman–Crippen MR) is 153 cm³/mol. The van der Waals surface area contributed by atoms with Gasteiger partial charge >= 0.3 is 6.09 Å². The Labute approximate surface area is 237 Å². The molecule has 1 aromatic heterocycles. The van der Waals surface area contributed by atoms with Gasteiger partial charge in [-0.05, 0) is 106 Å². The van der Waals surface area contributed by atoms with Gasteiger partial charge in [0.05, 0.1) is 16.9 Å². The fourth-order valence-electron chi connectivity index (χ4n) is 4.82. The summed E-state index contributed by atoms with van der Waals surface area (Å²) in [4.78, 5) is 40.0.